The summed E-state index contributed by atoms with van der Waals surface area (Å²) < 4.78 is 0.904. The molecule has 0 aromatic heterocycles. The van der Waals surface area contributed by atoms with Gasteiger partial charge < -0.3 is 16.4 Å². The van der Waals surface area contributed by atoms with E-state index < -0.39 is 5.91 Å². The summed E-state index contributed by atoms with van der Waals surface area (Å²) in [6.07, 6.45) is 0. The Labute approximate surface area is 126 Å². The van der Waals surface area contributed by atoms with Gasteiger partial charge in [-0.05, 0) is 35.9 Å². The van der Waals surface area contributed by atoms with Crippen LogP contribution in [0, 0.1) is 0 Å². The molecule has 5 heteroatoms. The Bertz CT molecular complexity index is 626. The third-order valence-electron chi connectivity index (χ3n) is 3.04. The lowest BCUT2D eigenvalue weighted by molar-refractivity contribution is 0.100. The Morgan fingerprint density at radius 1 is 1.20 bits per heavy atom. The van der Waals surface area contributed by atoms with Crippen LogP contribution in [-0.4, -0.2) is 13.0 Å². The Balaban J connectivity index is 2.28. The third kappa shape index (κ3) is 3.30. The minimum Gasteiger partial charge on any atom is -0.399 e. The highest BCUT2D eigenvalue weighted by Gasteiger charge is 2.12. The predicted molar refractivity (Wildman–Crippen MR) is 85.6 cm³/mol. The first kappa shape index (κ1) is 14.4. The van der Waals surface area contributed by atoms with Crippen molar-refractivity contribution in [3.8, 4) is 0 Å². The van der Waals surface area contributed by atoms with Gasteiger partial charge in [0, 0.05) is 23.8 Å². The van der Waals surface area contributed by atoms with Crippen molar-refractivity contribution in [2.24, 2.45) is 5.73 Å². The number of anilines is 2. The van der Waals surface area contributed by atoms with Gasteiger partial charge in [0.05, 0.1) is 11.3 Å². The minimum absolute atomic E-state index is 0.434. The van der Waals surface area contributed by atoms with Gasteiger partial charge in [-0.25, -0.2) is 0 Å². The molecule has 0 aliphatic carbocycles. The van der Waals surface area contributed by atoms with Crippen molar-refractivity contribution in [3.05, 3.63) is 58.1 Å². The highest BCUT2D eigenvalue weighted by Crippen LogP contribution is 2.25. The molecule has 2 aromatic carbocycles. The van der Waals surface area contributed by atoms with E-state index in [9.17, 15) is 4.79 Å². The molecule has 0 fully saturated rings. The number of carbonyl (C=O) groups is 1. The predicted octanol–water partition coefficient (Wildman–Crippen LogP) is 2.77. The molecule has 104 valence electrons. The lowest BCUT2D eigenvalue weighted by atomic mass is 10.1. The average Bonchev–Trinajstić information content (AvgIpc) is 2.41. The molecule has 0 saturated carbocycles. The van der Waals surface area contributed by atoms with Gasteiger partial charge in [0.25, 0.3) is 5.91 Å². The molecule has 2 aromatic rings. The number of carbonyl (C=O) groups excluding carboxylic acids is 1. The van der Waals surface area contributed by atoms with Crippen molar-refractivity contribution in [2.45, 2.75) is 6.54 Å². The zero-order valence-corrected chi connectivity index (χ0v) is 12.7. The SMILES string of the molecule is CN(Cc1ccc(N)cc1)c1cc(Br)ccc1C(N)=O. The Kier molecular flexibility index (Phi) is 4.29. The van der Waals surface area contributed by atoms with Gasteiger partial charge in [-0.3, -0.25) is 4.79 Å². The number of nitrogens with two attached hydrogens (primary N) is 2. The first-order valence-electron chi connectivity index (χ1n) is 6.12. The second-order valence-electron chi connectivity index (χ2n) is 4.62. The summed E-state index contributed by atoms with van der Waals surface area (Å²) in [5, 5.41) is 0. The Morgan fingerprint density at radius 3 is 2.45 bits per heavy atom. The van der Waals surface area contributed by atoms with E-state index in [1.54, 1.807) is 12.1 Å². The van der Waals surface area contributed by atoms with Crippen LogP contribution in [0.2, 0.25) is 0 Å². The third-order valence-corrected chi connectivity index (χ3v) is 3.53. The molecule has 0 radical (unpaired) electrons. The number of halogens is 1. The zero-order chi connectivity index (χ0) is 14.7. The molecule has 0 bridgehead atoms. The van der Waals surface area contributed by atoms with Crippen molar-refractivity contribution in [1.82, 2.24) is 0 Å². The summed E-state index contributed by atoms with van der Waals surface area (Å²) in [4.78, 5) is 13.5. The number of primary amides is 1. The fraction of sp³-hybridized carbons (Fsp3) is 0.133. The van der Waals surface area contributed by atoms with Gasteiger partial charge >= 0.3 is 0 Å². The van der Waals surface area contributed by atoms with Crippen molar-refractivity contribution in [3.63, 3.8) is 0 Å². The van der Waals surface area contributed by atoms with Gasteiger partial charge in [-0.15, -0.1) is 0 Å². The molecule has 0 saturated heterocycles. The van der Waals surface area contributed by atoms with Crippen LogP contribution in [0.25, 0.3) is 0 Å². The summed E-state index contributed by atoms with van der Waals surface area (Å²) in [5.41, 5.74) is 14.2. The normalized spacial score (nSPS) is 10.3. The maximum absolute atomic E-state index is 11.5. The molecule has 1 amide bonds. The second-order valence-corrected chi connectivity index (χ2v) is 5.54. The van der Waals surface area contributed by atoms with Crippen molar-refractivity contribution >= 4 is 33.2 Å². The molecular weight excluding hydrogens is 318 g/mol. The van der Waals surface area contributed by atoms with Gasteiger partial charge in [0.2, 0.25) is 0 Å². The van der Waals surface area contributed by atoms with Crippen LogP contribution in [0.4, 0.5) is 11.4 Å². The molecule has 4 nitrogen and oxygen atoms in total. The number of benzene rings is 2. The number of hydrogen-bond acceptors (Lipinski definition) is 3. The fourth-order valence-corrected chi connectivity index (χ4v) is 2.36. The number of nitrogens with zero attached hydrogens (tertiary/aromatic N) is 1. The molecule has 0 atom stereocenters. The Morgan fingerprint density at radius 2 is 1.85 bits per heavy atom. The molecule has 0 spiro atoms. The summed E-state index contributed by atoms with van der Waals surface area (Å²) in [6.45, 7) is 0.664. The highest BCUT2D eigenvalue weighted by atomic mass is 79.9. The number of amides is 1. The van der Waals surface area contributed by atoms with E-state index in [2.05, 4.69) is 15.9 Å². The maximum atomic E-state index is 11.5. The smallest absolute Gasteiger partial charge is 0.250 e. The number of rotatable bonds is 4. The van der Waals surface area contributed by atoms with Crippen molar-refractivity contribution in [2.75, 3.05) is 17.7 Å². The summed E-state index contributed by atoms with van der Waals surface area (Å²) in [5.74, 6) is -0.434. The molecule has 0 unspecified atom stereocenters. The molecule has 0 heterocycles. The van der Waals surface area contributed by atoms with E-state index >= 15 is 0 Å². The number of nitrogen functional groups attached to an aromatic ring is 1. The second kappa shape index (κ2) is 5.96. The first-order chi connectivity index (χ1) is 9.47. The lowest BCUT2D eigenvalue weighted by Gasteiger charge is -2.22. The molecule has 0 aliphatic rings. The quantitative estimate of drug-likeness (QED) is 0.845. The van der Waals surface area contributed by atoms with Crippen molar-refractivity contribution < 1.29 is 4.79 Å². The molecule has 4 N–H and O–H groups in total. The van der Waals surface area contributed by atoms with Crippen LogP contribution in [0.1, 0.15) is 15.9 Å². The van der Waals surface area contributed by atoms with Crippen LogP contribution < -0.4 is 16.4 Å². The van der Waals surface area contributed by atoms with E-state index in [1.807, 2.05) is 42.3 Å². The molecular formula is C15H16BrN3O. The van der Waals surface area contributed by atoms with Gasteiger partial charge in [0.15, 0.2) is 0 Å². The number of hydrogen-bond donors (Lipinski definition) is 2. The van der Waals surface area contributed by atoms with Crippen LogP contribution in [-0.2, 0) is 6.54 Å². The molecule has 0 aliphatic heterocycles. The fourth-order valence-electron chi connectivity index (χ4n) is 2.01. The largest absolute Gasteiger partial charge is 0.399 e. The van der Waals surface area contributed by atoms with E-state index in [4.69, 9.17) is 11.5 Å². The zero-order valence-electron chi connectivity index (χ0n) is 11.1. The summed E-state index contributed by atoms with van der Waals surface area (Å²) in [7, 11) is 1.92. The minimum atomic E-state index is -0.434. The average molecular weight is 334 g/mol. The molecule has 20 heavy (non-hydrogen) atoms. The van der Waals surface area contributed by atoms with E-state index in [-0.39, 0.29) is 0 Å². The topological polar surface area (TPSA) is 72.3 Å². The van der Waals surface area contributed by atoms with Crippen LogP contribution >= 0.6 is 15.9 Å². The van der Waals surface area contributed by atoms with Gasteiger partial charge in [-0.2, -0.15) is 0 Å². The van der Waals surface area contributed by atoms with Gasteiger partial charge in [0.1, 0.15) is 0 Å². The highest BCUT2D eigenvalue weighted by molar-refractivity contribution is 9.10. The van der Waals surface area contributed by atoms with Gasteiger partial charge in [-0.1, -0.05) is 28.1 Å². The Hall–Kier alpha value is -2.01. The lowest BCUT2D eigenvalue weighted by Crippen LogP contribution is -2.22. The monoisotopic (exact) mass is 333 g/mol. The van der Waals surface area contributed by atoms with Crippen LogP contribution in [0.3, 0.4) is 0 Å². The van der Waals surface area contributed by atoms with E-state index in [0.29, 0.717) is 12.1 Å². The van der Waals surface area contributed by atoms with Crippen LogP contribution in [0.15, 0.2) is 46.9 Å². The standard InChI is InChI=1S/C15H16BrN3O/c1-19(9-10-2-5-12(17)6-3-10)14-8-11(16)4-7-13(14)15(18)20/h2-8H,9,17H2,1H3,(H2,18,20). The van der Waals surface area contributed by atoms with Crippen molar-refractivity contribution in [1.29, 1.82) is 0 Å². The van der Waals surface area contributed by atoms with E-state index in [0.717, 1.165) is 21.4 Å². The summed E-state index contributed by atoms with van der Waals surface area (Å²) >= 11 is 3.41. The summed E-state index contributed by atoms with van der Waals surface area (Å²) in [6, 6.07) is 13.1. The first-order valence-corrected chi connectivity index (χ1v) is 6.91. The molecule has 2 rings (SSSR count). The maximum Gasteiger partial charge on any atom is 0.250 e. The van der Waals surface area contributed by atoms with E-state index in [1.165, 1.54) is 0 Å². The van der Waals surface area contributed by atoms with Crippen LogP contribution in [0.5, 0.6) is 0 Å².